The lowest BCUT2D eigenvalue weighted by Gasteiger charge is -2.15. The molecule has 3 rings (SSSR count). The third kappa shape index (κ3) is 4.55. The van der Waals surface area contributed by atoms with Crippen LogP contribution < -0.4 is 14.8 Å². The Hall–Kier alpha value is -3.53. The zero-order valence-electron chi connectivity index (χ0n) is 15.3. The molecule has 0 aliphatic heterocycles. The van der Waals surface area contributed by atoms with Gasteiger partial charge >= 0.3 is 0 Å². The standard InChI is InChI=1S/C23H21NO3/c1-26-19-13-14-20(23(15-19)27-2)24-21(17-9-5-3-6-10-17)16-22(25)18-11-7-4-8-12-18/h3-16,24H,1-2H3/b21-16+. The number of methoxy groups -OCH3 is 2. The van der Waals surface area contributed by atoms with Crippen LogP contribution in [0.3, 0.4) is 0 Å². The molecule has 0 amide bonds. The average Bonchev–Trinajstić information content (AvgIpc) is 2.74. The van der Waals surface area contributed by atoms with Crippen LogP contribution in [-0.4, -0.2) is 20.0 Å². The Labute approximate surface area is 159 Å². The predicted molar refractivity (Wildman–Crippen MR) is 108 cm³/mol. The van der Waals surface area contributed by atoms with Crippen molar-refractivity contribution in [1.82, 2.24) is 0 Å². The van der Waals surface area contributed by atoms with E-state index in [4.69, 9.17) is 9.47 Å². The zero-order chi connectivity index (χ0) is 19.1. The topological polar surface area (TPSA) is 47.6 Å². The molecule has 0 aromatic heterocycles. The quantitative estimate of drug-likeness (QED) is 0.474. The normalized spacial score (nSPS) is 11.0. The molecular formula is C23H21NO3. The number of rotatable bonds is 7. The fourth-order valence-corrected chi connectivity index (χ4v) is 2.67. The number of nitrogens with one attached hydrogen (secondary N) is 1. The van der Waals surface area contributed by atoms with E-state index < -0.39 is 0 Å². The van der Waals surface area contributed by atoms with E-state index in [0.29, 0.717) is 22.8 Å². The van der Waals surface area contributed by atoms with Gasteiger partial charge in [0.1, 0.15) is 11.5 Å². The Morgan fingerprint density at radius 2 is 1.44 bits per heavy atom. The first-order valence-electron chi connectivity index (χ1n) is 8.57. The monoisotopic (exact) mass is 359 g/mol. The minimum Gasteiger partial charge on any atom is -0.497 e. The molecule has 3 aromatic rings. The Balaban J connectivity index is 1.99. The van der Waals surface area contributed by atoms with E-state index in [1.54, 1.807) is 38.5 Å². The first kappa shape index (κ1) is 18.3. The highest BCUT2D eigenvalue weighted by Crippen LogP contribution is 2.31. The molecule has 27 heavy (non-hydrogen) atoms. The summed E-state index contributed by atoms with van der Waals surface area (Å²) >= 11 is 0. The third-order valence-corrected chi connectivity index (χ3v) is 4.10. The van der Waals surface area contributed by atoms with Crippen LogP contribution in [-0.2, 0) is 0 Å². The van der Waals surface area contributed by atoms with Crippen LogP contribution in [0, 0.1) is 0 Å². The largest absolute Gasteiger partial charge is 0.497 e. The molecule has 0 saturated carbocycles. The van der Waals surface area contributed by atoms with Gasteiger partial charge < -0.3 is 14.8 Å². The maximum Gasteiger partial charge on any atom is 0.187 e. The summed E-state index contributed by atoms with van der Waals surface area (Å²) in [6.07, 6.45) is 1.61. The van der Waals surface area contributed by atoms with E-state index in [-0.39, 0.29) is 5.78 Å². The minimum atomic E-state index is -0.0746. The SMILES string of the molecule is COc1ccc(N/C(=C/C(=O)c2ccccc2)c2ccccc2)c(OC)c1. The molecule has 4 heteroatoms. The van der Waals surface area contributed by atoms with Crippen molar-refractivity contribution >= 4 is 17.2 Å². The van der Waals surface area contributed by atoms with Gasteiger partial charge in [-0.15, -0.1) is 0 Å². The summed E-state index contributed by atoms with van der Waals surface area (Å²) in [5.41, 5.74) is 2.97. The van der Waals surface area contributed by atoms with Crippen molar-refractivity contribution in [3.05, 3.63) is 96.1 Å². The van der Waals surface area contributed by atoms with Crippen molar-refractivity contribution < 1.29 is 14.3 Å². The van der Waals surface area contributed by atoms with E-state index in [2.05, 4.69) is 5.32 Å². The molecule has 0 unspecified atom stereocenters. The molecule has 136 valence electrons. The molecule has 0 radical (unpaired) electrons. The number of hydrogen-bond acceptors (Lipinski definition) is 4. The zero-order valence-corrected chi connectivity index (χ0v) is 15.3. The smallest absolute Gasteiger partial charge is 0.187 e. The van der Waals surface area contributed by atoms with Gasteiger partial charge in [0.25, 0.3) is 0 Å². The van der Waals surface area contributed by atoms with Gasteiger partial charge in [0.15, 0.2) is 5.78 Å². The van der Waals surface area contributed by atoms with Crippen LogP contribution in [0.5, 0.6) is 11.5 Å². The van der Waals surface area contributed by atoms with Gasteiger partial charge in [0, 0.05) is 23.4 Å². The maximum absolute atomic E-state index is 12.7. The van der Waals surface area contributed by atoms with Crippen LogP contribution in [0.2, 0.25) is 0 Å². The average molecular weight is 359 g/mol. The molecule has 1 N–H and O–H groups in total. The van der Waals surface area contributed by atoms with E-state index in [9.17, 15) is 4.79 Å². The van der Waals surface area contributed by atoms with Crippen LogP contribution in [0.1, 0.15) is 15.9 Å². The summed E-state index contributed by atoms with van der Waals surface area (Å²) in [5.74, 6) is 1.25. The Morgan fingerprint density at radius 3 is 2.04 bits per heavy atom. The highest BCUT2D eigenvalue weighted by molar-refractivity contribution is 6.09. The molecule has 0 atom stereocenters. The van der Waals surface area contributed by atoms with Gasteiger partial charge in [-0.2, -0.15) is 0 Å². The Bertz CT molecular complexity index is 934. The number of ketones is 1. The molecule has 4 nitrogen and oxygen atoms in total. The van der Waals surface area contributed by atoms with Crippen LogP contribution in [0.4, 0.5) is 5.69 Å². The highest BCUT2D eigenvalue weighted by atomic mass is 16.5. The molecule has 3 aromatic carbocycles. The summed E-state index contributed by atoms with van der Waals surface area (Å²) in [4.78, 5) is 12.7. The number of hydrogen-bond donors (Lipinski definition) is 1. The molecule has 0 aliphatic rings. The van der Waals surface area contributed by atoms with Crippen molar-refractivity contribution in [2.45, 2.75) is 0 Å². The lowest BCUT2D eigenvalue weighted by atomic mass is 10.1. The summed E-state index contributed by atoms with van der Waals surface area (Å²) < 4.78 is 10.7. The maximum atomic E-state index is 12.7. The Morgan fingerprint density at radius 1 is 0.815 bits per heavy atom. The number of carbonyl (C=O) groups excluding carboxylic acids is 1. The molecule has 0 fully saturated rings. The van der Waals surface area contributed by atoms with Gasteiger partial charge in [-0.1, -0.05) is 60.7 Å². The molecule has 0 saturated heterocycles. The summed E-state index contributed by atoms with van der Waals surface area (Å²) in [6.45, 7) is 0. The van der Waals surface area contributed by atoms with Gasteiger partial charge in [0.2, 0.25) is 0 Å². The van der Waals surface area contributed by atoms with Gasteiger partial charge in [-0.25, -0.2) is 0 Å². The van der Waals surface area contributed by atoms with Crippen LogP contribution in [0.25, 0.3) is 5.70 Å². The van der Waals surface area contributed by atoms with Crippen molar-refractivity contribution in [3.63, 3.8) is 0 Å². The number of carbonyl (C=O) groups is 1. The van der Waals surface area contributed by atoms with Crippen molar-refractivity contribution in [3.8, 4) is 11.5 Å². The van der Waals surface area contributed by atoms with Crippen molar-refractivity contribution in [2.75, 3.05) is 19.5 Å². The molecule has 0 aliphatic carbocycles. The summed E-state index contributed by atoms with van der Waals surface area (Å²) in [7, 11) is 3.21. The van der Waals surface area contributed by atoms with E-state index in [0.717, 1.165) is 11.3 Å². The van der Waals surface area contributed by atoms with Crippen LogP contribution in [0.15, 0.2) is 84.9 Å². The first-order valence-corrected chi connectivity index (χ1v) is 8.57. The molecule has 0 spiro atoms. The first-order chi connectivity index (χ1) is 13.2. The Kier molecular flexibility index (Phi) is 5.90. The fourth-order valence-electron chi connectivity index (χ4n) is 2.67. The second kappa shape index (κ2) is 8.72. The van der Waals surface area contributed by atoms with Gasteiger partial charge in [-0.3, -0.25) is 4.79 Å². The predicted octanol–water partition coefficient (Wildman–Crippen LogP) is 5.04. The van der Waals surface area contributed by atoms with E-state index in [1.165, 1.54) is 0 Å². The van der Waals surface area contributed by atoms with Crippen LogP contribution >= 0.6 is 0 Å². The van der Waals surface area contributed by atoms with Gasteiger partial charge in [-0.05, 0) is 17.7 Å². The number of benzene rings is 3. The lowest BCUT2D eigenvalue weighted by Crippen LogP contribution is -2.05. The molecular weight excluding hydrogens is 338 g/mol. The summed E-state index contributed by atoms with van der Waals surface area (Å²) in [5, 5.41) is 3.33. The second-order valence-electron chi connectivity index (χ2n) is 5.85. The highest BCUT2D eigenvalue weighted by Gasteiger charge is 2.11. The van der Waals surface area contributed by atoms with Crippen molar-refractivity contribution in [2.24, 2.45) is 0 Å². The van der Waals surface area contributed by atoms with E-state index >= 15 is 0 Å². The number of allylic oxidation sites excluding steroid dienone is 1. The summed E-state index contributed by atoms with van der Waals surface area (Å²) in [6, 6.07) is 24.4. The van der Waals surface area contributed by atoms with E-state index in [1.807, 2.05) is 60.7 Å². The number of ether oxygens (including phenoxy) is 2. The van der Waals surface area contributed by atoms with Gasteiger partial charge in [0.05, 0.1) is 19.9 Å². The number of anilines is 1. The third-order valence-electron chi connectivity index (χ3n) is 4.10. The minimum absolute atomic E-state index is 0.0746. The fraction of sp³-hybridized carbons (Fsp3) is 0.0870. The molecule has 0 heterocycles. The second-order valence-corrected chi connectivity index (χ2v) is 5.85. The lowest BCUT2D eigenvalue weighted by molar-refractivity contribution is 0.104. The molecule has 0 bridgehead atoms. The van der Waals surface area contributed by atoms with Crippen molar-refractivity contribution in [1.29, 1.82) is 0 Å².